The summed E-state index contributed by atoms with van der Waals surface area (Å²) in [6.45, 7) is 13.5. The highest BCUT2D eigenvalue weighted by atomic mass is 16.5. The Bertz CT molecular complexity index is 145. The zero-order chi connectivity index (χ0) is 14.1. The summed E-state index contributed by atoms with van der Waals surface area (Å²) in [6, 6.07) is 0.513. The first-order chi connectivity index (χ1) is 8.77. The summed E-state index contributed by atoms with van der Waals surface area (Å²) < 4.78 is 15.8. The molecule has 0 rings (SSSR count). The van der Waals surface area contributed by atoms with Gasteiger partial charge in [-0.15, -0.1) is 0 Å². The Morgan fingerprint density at radius 2 is 1.33 bits per heavy atom. The second-order valence-corrected chi connectivity index (χ2v) is 3.73. The third kappa shape index (κ3) is 21.1. The van der Waals surface area contributed by atoms with E-state index in [-0.39, 0.29) is 2.85 Å². The van der Waals surface area contributed by atoms with Crippen LogP contribution in [0.25, 0.3) is 0 Å². The third-order valence-electron chi connectivity index (χ3n) is 1.81. The van der Waals surface area contributed by atoms with Gasteiger partial charge in [-0.25, -0.2) is 0 Å². The smallest absolute Gasteiger partial charge is 0.0701 e. The molecule has 3 N–H and O–H groups in total. The number of rotatable bonds is 12. The van der Waals surface area contributed by atoms with Crippen LogP contribution in [0.3, 0.4) is 0 Å². The lowest BCUT2D eigenvalue weighted by atomic mass is 10.4. The second-order valence-electron chi connectivity index (χ2n) is 3.73. The van der Waals surface area contributed by atoms with Crippen LogP contribution in [-0.4, -0.2) is 58.8 Å². The lowest BCUT2D eigenvalue weighted by molar-refractivity contribution is 0.0164. The van der Waals surface area contributed by atoms with Gasteiger partial charge in [0.05, 0.1) is 39.6 Å². The van der Waals surface area contributed by atoms with Gasteiger partial charge in [-0.05, 0) is 0 Å². The molecule has 116 valence electrons. The first-order valence-corrected chi connectivity index (χ1v) is 6.94. The second kappa shape index (κ2) is 19.1. The summed E-state index contributed by atoms with van der Waals surface area (Å²) in [5.74, 6) is 0. The third-order valence-corrected chi connectivity index (χ3v) is 1.81. The number of ether oxygens (including phenoxy) is 3. The molecule has 0 amide bonds. The number of hydrogen-bond donors (Lipinski definition) is 2. The van der Waals surface area contributed by atoms with Gasteiger partial charge in [-0.3, -0.25) is 0 Å². The molecule has 0 aliphatic heterocycles. The van der Waals surface area contributed by atoms with E-state index < -0.39 is 0 Å². The lowest BCUT2D eigenvalue weighted by Crippen LogP contribution is -2.27. The maximum Gasteiger partial charge on any atom is 0.0701 e. The van der Waals surface area contributed by atoms with Crippen molar-refractivity contribution >= 4 is 0 Å². The van der Waals surface area contributed by atoms with E-state index in [1.54, 1.807) is 0 Å². The quantitative estimate of drug-likeness (QED) is 0.525. The zero-order valence-electron chi connectivity index (χ0n) is 12.5. The minimum atomic E-state index is 0. The van der Waals surface area contributed by atoms with Gasteiger partial charge in [0.2, 0.25) is 0 Å². The van der Waals surface area contributed by atoms with Crippen LogP contribution in [0.2, 0.25) is 0 Å². The number of nitrogens with two attached hydrogens (primary N) is 1. The lowest BCUT2D eigenvalue weighted by Gasteiger charge is -2.09. The normalized spacial score (nSPS) is 10.3. The largest absolute Gasteiger partial charge is 0.378 e. The fourth-order valence-corrected chi connectivity index (χ4v) is 1.04. The molecule has 0 bridgehead atoms. The van der Waals surface area contributed by atoms with Crippen LogP contribution in [0, 0.1) is 0 Å². The van der Waals surface area contributed by atoms with Gasteiger partial charge in [0.1, 0.15) is 0 Å². The van der Waals surface area contributed by atoms with E-state index in [2.05, 4.69) is 19.2 Å². The maximum atomic E-state index is 5.36. The van der Waals surface area contributed by atoms with Gasteiger partial charge >= 0.3 is 0 Å². The van der Waals surface area contributed by atoms with Crippen molar-refractivity contribution in [3.8, 4) is 0 Å². The van der Waals surface area contributed by atoms with Crippen molar-refractivity contribution in [2.24, 2.45) is 5.73 Å². The molecule has 0 aromatic heterocycles. The molecule has 18 heavy (non-hydrogen) atoms. The summed E-state index contributed by atoms with van der Waals surface area (Å²) in [6.07, 6.45) is 0. The summed E-state index contributed by atoms with van der Waals surface area (Å²) in [5.41, 5.74) is 5.27. The van der Waals surface area contributed by atoms with E-state index in [0.717, 1.165) is 13.2 Å². The van der Waals surface area contributed by atoms with E-state index in [1.165, 1.54) is 0 Å². The van der Waals surface area contributed by atoms with Crippen LogP contribution in [0.4, 0.5) is 0 Å². The summed E-state index contributed by atoms with van der Waals surface area (Å²) in [4.78, 5) is 0. The molecule has 0 aromatic carbocycles. The molecule has 0 fully saturated rings. The Hall–Kier alpha value is -0.200. The van der Waals surface area contributed by atoms with Gasteiger partial charge in [0, 0.05) is 22.0 Å². The highest BCUT2D eigenvalue weighted by Gasteiger charge is 1.93. The van der Waals surface area contributed by atoms with Crippen LogP contribution in [-0.2, 0) is 14.2 Å². The van der Waals surface area contributed by atoms with Crippen LogP contribution in [0.15, 0.2) is 0 Å². The number of nitrogens with one attached hydrogen (secondary N) is 1. The standard InChI is InChI=1S/C11H26N2O3.C2H6.2H2/c1-11(2)13-4-6-15-8-10-16-9-7-14-5-3-12;1-2;;/h11,13H,3-10,12H2,1-2H3;1-2H3;2*1H. The molecule has 0 aliphatic rings. The molecular formula is C13H36N2O3. The van der Waals surface area contributed by atoms with Crippen molar-refractivity contribution in [1.82, 2.24) is 5.32 Å². The van der Waals surface area contributed by atoms with Crippen LogP contribution in [0.5, 0.6) is 0 Å². The Labute approximate surface area is 115 Å². The Balaban J connectivity index is -0.000000304. The Kier molecular flexibility index (Phi) is 21.4. The van der Waals surface area contributed by atoms with Crippen molar-refractivity contribution in [1.29, 1.82) is 0 Å². The van der Waals surface area contributed by atoms with E-state index in [0.29, 0.717) is 45.6 Å². The summed E-state index contributed by atoms with van der Waals surface area (Å²) in [7, 11) is 0. The first kappa shape index (κ1) is 20.1. The topological polar surface area (TPSA) is 65.7 Å². The zero-order valence-corrected chi connectivity index (χ0v) is 12.5. The Morgan fingerprint density at radius 1 is 0.889 bits per heavy atom. The first-order valence-electron chi connectivity index (χ1n) is 6.94. The summed E-state index contributed by atoms with van der Waals surface area (Å²) >= 11 is 0. The number of hydrogen-bond acceptors (Lipinski definition) is 5. The monoisotopic (exact) mass is 268 g/mol. The van der Waals surface area contributed by atoms with Crippen molar-refractivity contribution in [2.75, 3.05) is 52.7 Å². The molecule has 0 aliphatic carbocycles. The predicted molar refractivity (Wildman–Crippen MR) is 80.2 cm³/mol. The van der Waals surface area contributed by atoms with Crippen molar-refractivity contribution in [2.45, 2.75) is 33.7 Å². The molecule has 0 unspecified atom stereocenters. The minimum absolute atomic E-state index is 0. The van der Waals surface area contributed by atoms with Gasteiger partial charge in [0.15, 0.2) is 0 Å². The van der Waals surface area contributed by atoms with Crippen LogP contribution >= 0.6 is 0 Å². The van der Waals surface area contributed by atoms with Gasteiger partial charge in [-0.1, -0.05) is 27.7 Å². The van der Waals surface area contributed by atoms with Crippen molar-refractivity contribution < 1.29 is 17.1 Å². The highest BCUT2D eigenvalue weighted by molar-refractivity contribution is 4.50. The minimum Gasteiger partial charge on any atom is -0.378 e. The molecule has 0 spiro atoms. The van der Waals surface area contributed by atoms with E-state index in [1.807, 2.05) is 13.8 Å². The molecule has 0 saturated carbocycles. The Morgan fingerprint density at radius 3 is 1.78 bits per heavy atom. The van der Waals surface area contributed by atoms with Gasteiger partial charge in [-0.2, -0.15) is 0 Å². The van der Waals surface area contributed by atoms with Crippen LogP contribution < -0.4 is 11.1 Å². The van der Waals surface area contributed by atoms with Crippen LogP contribution in [0.1, 0.15) is 30.5 Å². The summed E-state index contributed by atoms with van der Waals surface area (Å²) in [5, 5.41) is 3.27. The molecule has 0 aromatic rings. The molecular weight excluding hydrogens is 232 g/mol. The van der Waals surface area contributed by atoms with Gasteiger partial charge < -0.3 is 25.3 Å². The molecule has 0 saturated heterocycles. The molecule has 0 atom stereocenters. The molecule has 0 heterocycles. The maximum absolute atomic E-state index is 5.36. The molecule has 0 radical (unpaired) electrons. The van der Waals surface area contributed by atoms with Crippen molar-refractivity contribution in [3.05, 3.63) is 0 Å². The molecule has 5 nitrogen and oxygen atoms in total. The average Bonchev–Trinajstić information content (AvgIpc) is 2.38. The van der Waals surface area contributed by atoms with E-state index >= 15 is 0 Å². The fourth-order valence-electron chi connectivity index (χ4n) is 1.04. The highest BCUT2D eigenvalue weighted by Crippen LogP contribution is 1.81. The fraction of sp³-hybridized carbons (Fsp3) is 1.00. The van der Waals surface area contributed by atoms with Gasteiger partial charge in [0.25, 0.3) is 0 Å². The molecule has 5 heteroatoms. The SMILES string of the molecule is CC.CC(C)NCCOCCOCCOCCN.[HH].[HH]. The van der Waals surface area contributed by atoms with E-state index in [4.69, 9.17) is 19.9 Å². The predicted octanol–water partition coefficient (Wildman–Crippen LogP) is 1.51. The average molecular weight is 268 g/mol. The van der Waals surface area contributed by atoms with Crippen molar-refractivity contribution in [3.63, 3.8) is 0 Å². The van der Waals surface area contributed by atoms with E-state index in [9.17, 15) is 0 Å².